The van der Waals surface area contributed by atoms with E-state index in [-0.39, 0.29) is 5.92 Å². The molecule has 1 aliphatic carbocycles. The van der Waals surface area contributed by atoms with Gasteiger partial charge in [0.1, 0.15) is 5.54 Å². The smallest absolute Gasteiger partial charge is 0.337 e. The van der Waals surface area contributed by atoms with Gasteiger partial charge < -0.3 is 20.1 Å². The van der Waals surface area contributed by atoms with Crippen LogP contribution in [0.5, 0.6) is 0 Å². The zero-order valence-corrected chi connectivity index (χ0v) is 18.8. The molecule has 0 radical (unpaired) electrons. The van der Waals surface area contributed by atoms with Crippen molar-refractivity contribution in [3.63, 3.8) is 0 Å². The predicted octanol–water partition coefficient (Wildman–Crippen LogP) is 4.29. The topological polar surface area (TPSA) is 107 Å². The fraction of sp³-hybridized carbons (Fsp3) is 0.250. The van der Waals surface area contributed by atoms with Crippen LogP contribution in [0.2, 0.25) is 5.02 Å². The number of fused-ring (bicyclic) bond motifs is 1. The van der Waals surface area contributed by atoms with E-state index >= 15 is 0 Å². The van der Waals surface area contributed by atoms with Crippen LogP contribution in [0.3, 0.4) is 0 Å². The van der Waals surface area contributed by atoms with Crippen LogP contribution in [0, 0.1) is 0 Å². The lowest BCUT2D eigenvalue weighted by Gasteiger charge is -2.45. The third-order valence-electron chi connectivity index (χ3n) is 5.89. The van der Waals surface area contributed by atoms with E-state index in [1.807, 2.05) is 18.2 Å². The van der Waals surface area contributed by atoms with Crippen molar-refractivity contribution in [3.05, 3.63) is 71.0 Å². The minimum absolute atomic E-state index is 0.0138. The highest BCUT2D eigenvalue weighted by atomic mass is 35.5. The number of benzene rings is 2. The zero-order chi connectivity index (χ0) is 23.6. The molecule has 1 heterocycles. The number of urea groups is 1. The Kier molecular flexibility index (Phi) is 6.20. The molecule has 0 bridgehead atoms. The lowest BCUT2D eigenvalue weighted by Crippen LogP contribution is -2.63. The molecule has 2 amide bonds. The van der Waals surface area contributed by atoms with E-state index in [4.69, 9.17) is 21.1 Å². The number of halogens is 1. The molecule has 1 aromatic heterocycles. The van der Waals surface area contributed by atoms with Crippen LogP contribution in [-0.2, 0) is 14.3 Å². The largest absolute Gasteiger partial charge is 0.467 e. The van der Waals surface area contributed by atoms with Gasteiger partial charge in [0.2, 0.25) is 0 Å². The van der Waals surface area contributed by atoms with Gasteiger partial charge in [-0.25, -0.2) is 14.4 Å². The Morgan fingerprint density at radius 3 is 2.52 bits per heavy atom. The Morgan fingerprint density at radius 2 is 1.82 bits per heavy atom. The van der Waals surface area contributed by atoms with Gasteiger partial charge in [-0.2, -0.15) is 0 Å². The predicted molar refractivity (Wildman–Crippen MR) is 123 cm³/mol. The Bertz CT molecular complexity index is 1240. The number of anilines is 1. The number of nitrogens with one attached hydrogen (secondary N) is 2. The maximum atomic E-state index is 12.9. The van der Waals surface area contributed by atoms with E-state index in [1.54, 1.807) is 30.5 Å². The van der Waals surface area contributed by atoms with E-state index in [9.17, 15) is 14.4 Å². The summed E-state index contributed by atoms with van der Waals surface area (Å²) in [4.78, 5) is 41.5. The molecule has 4 rings (SSSR count). The lowest BCUT2D eigenvalue weighted by molar-refractivity contribution is -0.152. The molecule has 3 aromatic rings. The standard InChI is InChI=1S/C24H22ClN3O5/c1-32-21(29)14-7-8-15-12-26-13-20(18(15)9-14)27-23(31)28-24(22(30)33-2)10-16(11-24)17-5-3-4-6-19(17)25/h3-9,12-13,16H,10-11H2,1-2H3,(H2,27,28,31). The molecule has 1 fully saturated rings. The second kappa shape index (κ2) is 9.07. The number of hydrogen-bond acceptors (Lipinski definition) is 6. The maximum absolute atomic E-state index is 12.9. The fourth-order valence-electron chi connectivity index (χ4n) is 4.20. The highest BCUT2D eigenvalue weighted by Crippen LogP contribution is 2.47. The van der Waals surface area contributed by atoms with Crippen molar-refractivity contribution < 1.29 is 23.9 Å². The van der Waals surface area contributed by atoms with Gasteiger partial charge in [-0.05, 0) is 42.5 Å². The van der Waals surface area contributed by atoms with Crippen LogP contribution < -0.4 is 10.6 Å². The molecule has 1 saturated carbocycles. The third-order valence-corrected chi connectivity index (χ3v) is 6.24. The molecule has 0 spiro atoms. The minimum atomic E-state index is -1.17. The number of nitrogens with zero attached hydrogens (tertiary/aromatic N) is 1. The summed E-state index contributed by atoms with van der Waals surface area (Å²) >= 11 is 6.30. The highest BCUT2D eigenvalue weighted by molar-refractivity contribution is 6.31. The number of pyridine rings is 1. The van der Waals surface area contributed by atoms with Gasteiger partial charge in [-0.1, -0.05) is 35.9 Å². The van der Waals surface area contributed by atoms with E-state index in [0.29, 0.717) is 34.5 Å². The Morgan fingerprint density at radius 1 is 1.06 bits per heavy atom. The first kappa shape index (κ1) is 22.5. The number of rotatable bonds is 5. The maximum Gasteiger partial charge on any atom is 0.337 e. The fourth-order valence-corrected chi connectivity index (χ4v) is 4.49. The van der Waals surface area contributed by atoms with Crippen LogP contribution in [0.15, 0.2) is 54.9 Å². The van der Waals surface area contributed by atoms with Crippen molar-refractivity contribution in [1.29, 1.82) is 0 Å². The first-order valence-electron chi connectivity index (χ1n) is 10.2. The molecular weight excluding hydrogens is 446 g/mol. The molecule has 2 aromatic carbocycles. The molecule has 0 saturated heterocycles. The first-order chi connectivity index (χ1) is 15.9. The SMILES string of the molecule is COC(=O)c1ccc2cncc(NC(=O)NC3(C(=O)OC)CC(c4ccccc4Cl)C3)c2c1. The summed E-state index contributed by atoms with van der Waals surface area (Å²) in [7, 11) is 2.59. The lowest BCUT2D eigenvalue weighted by atomic mass is 9.65. The monoisotopic (exact) mass is 467 g/mol. The van der Waals surface area contributed by atoms with Crippen LogP contribution in [0.4, 0.5) is 10.5 Å². The summed E-state index contributed by atoms with van der Waals surface area (Å²) in [6.45, 7) is 0. The summed E-state index contributed by atoms with van der Waals surface area (Å²) < 4.78 is 9.74. The second-order valence-corrected chi connectivity index (χ2v) is 8.30. The summed E-state index contributed by atoms with van der Waals surface area (Å²) in [5, 5.41) is 7.47. The Balaban J connectivity index is 1.54. The molecule has 170 valence electrons. The molecule has 33 heavy (non-hydrogen) atoms. The number of aromatic nitrogens is 1. The van der Waals surface area contributed by atoms with Crippen molar-refractivity contribution in [3.8, 4) is 0 Å². The Labute approximate surface area is 195 Å². The highest BCUT2D eigenvalue weighted by Gasteiger charge is 2.53. The molecule has 8 nitrogen and oxygen atoms in total. The van der Waals surface area contributed by atoms with Crippen LogP contribution in [0.1, 0.15) is 34.7 Å². The summed E-state index contributed by atoms with van der Waals surface area (Å²) in [5.74, 6) is -1.00. The summed E-state index contributed by atoms with van der Waals surface area (Å²) in [6, 6.07) is 11.8. The average Bonchev–Trinajstić information content (AvgIpc) is 2.80. The number of amides is 2. The van der Waals surface area contributed by atoms with Gasteiger partial charge in [0.15, 0.2) is 0 Å². The van der Waals surface area contributed by atoms with Gasteiger partial charge >= 0.3 is 18.0 Å². The minimum Gasteiger partial charge on any atom is -0.467 e. The molecule has 2 N–H and O–H groups in total. The number of carbonyl (C=O) groups is 3. The summed E-state index contributed by atoms with van der Waals surface area (Å²) in [5.41, 5.74) is 0.484. The van der Waals surface area contributed by atoms with Crippen LogP contribution in [0.25, 0.3) is 10.8 Å². The molecular formula is C24H22ClN3O5. The van der Waals surface area contributed by atoms with Gasteiger partial charge in [-0.3, -0.25) is 4.98 Å². The van der Waals surface area contributed by atoms with E-state index in [0.717, 1.165) is 10.9 Å². The number of ether oxygens (including phenoxy) is 2. The van der Waals surface area contributed by atoms with Crippen molar-refractivity contribution >= 4 is 46.0 Å². The number of carbonyl (C=O) groups excluding carboxylic acids is 3. The van der Waals surface area contributed by atoms with Crippen LogP contribution in [-0.4, -0.2) is 42.7 Å². The van der Waals surface area contributed by atoms with Crippen LogP contribution >= 0.6 is 11.6 Å². The molecule has 0 atom stereocenters. The summed E-state index contributed by atoms with van der Waals surface area (Å²) in [6.07, 6.45) is 3.81. The molecule has 0 unspecified atom stereocenters. The third kappa shape index (κ3) is 4.34. The molecule has 1 aliphatic rings. The van der Waals surface area contributed by atoms with E-state index < -0.39 is 23.5 Å². The second-order valence-electron chi connectivity index (χ2n) is 7.89. The van der Waals surface area contributed by atoms with Crippen molar-refractivity contribution in [1.82, 2.24) is 10.3 Å². The van der Waals surface area contributed by atoms with Gasteiger partial charge in [0, 0.05) is 22.0 Å². The average molecular weight is 468 g/mol. The van der Waals surface area contributed by atoms with Crippen molar-refractivity contribution in [2.75, 3.05) is 19.5 Å². The number of hydrogen-bond donors (Lipinski definition) is 2. The van der Waals surface area contributed by atoms with Gasteiger partial charge in [0.25, 0.3) is 0 Å². The van der Waals surface area contributed by atoms with Crippen molar-refractivity contribution in [2.24, 2.45) is 0 Å². The Hall–Kier alpha value is -3.65. The van der Waals surface area contributed by atoms with Gasteiger partial charge in [0.05, 0.1) is 31.7 Å². The zero-order valence-electron chi connectivity index (χ0n) is 18.1. The molecule has 9 heteroatoms. The quantitative estimate of drug-likeness (QED) is 0.542. The first-order valence-corrected chi connectivity index (χ1v) is 10.6. The molecule has 0 aliphatic heterocycles. The van der Waals surface area contributed by atoms with E-state index in [1.165, 1.54) is 20.4 Å². The van der Waals surface area contributed by atoms with E-state index in [2.05, 4.69) is 15.6 Å². The number of methoxy groups -OCH3 is 2. The number of esters is 2. The normalized spacial score (nSPS) is 19.3. The van der Waals surface area contributed by atoms with Crippen molar-refractivity contribution in [2.45, 2.75) is 24.3 Å². The van der Waals surface area contributed by atoms with Gasteiger partial charge in [-0.15, -0.1) is 0 Å².